The van der Waals surface area contributed by atoms with E-state index >= 15 is 0 Å². The van der Waals surface area contributed by atoms with E-state index in [9.17, 15) is 4.39 Å². The van der Waals surface area contributed by atoms with Gasteiger partial charge in [0, 0.05) is 4.47 Å². The van der Waals surface area contributed by atoms with Gasteiger partial charge in [-0.25, -0.2) is 4.39 Å². The molecule has 0 fully saturated rings. The summed E-state index contributed by atoms with van der Waals surface area (Å²) < 4.78 is 14.2. The van der Waals surface area contributed by atoms with Gasteiger partial charge in [-0.05, 0) is 44.0 Å². The molecule has 1 aromatic rings. The topological polar surface area (TPSA) is 26.0 Å². The number of hydrogen-bond donors (Lipinski definition) is 1. The Labute approximate surface area is 98.3 Å². The normalized spacial score (nSPS) is 11.9. The first kappa shape index (κ1) is 12.4. The highest BCUT2D eigenvalue weighted by Gasteiger charge is 2.02. The van der Waals surface area contributed by atoms with Gasteiger partial charge in [0.1, 0.15) is 5.82 Å². The van der Waals surface area contributed by atoms with Gasteiger partial charge in [0.05, 0.1) is 0 Å². The highest BCUT2D eigenvalue weighted by atomic mass is 79.9. The second kappa shape index (κ2) is 6.03. The molecular formula is C12H15BrFN. The van der Waals surface area contributed by atoms with E-state index < -0.39 is 0 Å². The second-order valence-electron chi connectivity index (χ2n) is 3.54. The molecule has 0 amide bonds. The summed E-state index contributed by atoms with van der Waals surface area (Å²) >= 11 is 3.23. The van der Waals surface area contributed by atoms with Gasteiger partial charge in [-0.1, -0.05) is 33.6 Å². The standard InChI is InChI=1S/C12H15BrFN/c1-9(3-2-6-15)7-10-4-5-11(13)8-12(10)14/h3-5,8H,2,6-7,15H2,1H3. The zero-order valence-corrected chi connectivity index (χ0v) is 10.3. The number of nitrogens with two attached hydrogens (primary N) is 1. The maximum Gasteiger partial charge on any atom is 0.127 e. The summed E-state index contributed by atoms with van der Waals surface area (Å²) in [4.78, 5) is 0. The summed E-state index contributed by atoms with van der Waals surface area (Å²) in [5.74, 6) is -0.162. The van der Waals surface area contributed by atoms with Gasteiger partial charge in [-0.2, -0.15) is 0 Å². The molecule has 0 saturated heterocycles. The van der Waals surface area contributed by atoms with Crippen LogP contribution in [0.2, 0.25) is 0 Å². The quantitative estimate of drug-likeness (QED) is 0.835. The molecule has 0 unspecified atom stereocenters. The maximum atomic E-state index is 13.5. The molecule has 1 rings (SSSR count). The zero-order chi connectivity index (χ0) is 11.3. The van der Waals surface area contributed by atoms with Crippen LogP contribution in [-0.2, 0) is 6.42 Å². The van der Waals surface area contributed by atoms with Crippen LogP contribution in [0.25, 0.3) is 0 Å². The zero-order valence-electron chi connectivity index (χ0n) is 8.76. The van der Waals surface area contributed by atoms with E-state index in [-0.39, 0.29) is 5.82 Å². The largest absolute Gasteiger partial charge is 0.330 e. The van der Waals surface area contributed by atoms with E-state index in [2.05, 4.69) is 22.0 Å². The molecule has 3 heteroatoms. The summed E-state index contributed by atoms with van der Waals surface area (Å²) in [7, 11) is 0. The monoisotopic (exact) mass is 271 g/mol. The minimum Gasteiger partial charge on any atom is -0.330 e. The van der Waals surface area contributed by atoms with Gasteiger partial charge in [0.15, 0.2) is 0 Å². The molecule has 0 heterocycles. The molecule has 1 nitrogen and oxygen atoms in total. The molecule has 0 atom stereocenters. The smallest absolute Gasteiger partial charge is 0.127 e. The molecule has 1 aromatic carbocycles. The van der Waals surface area contributed by atoms with Crippen molar-refractivity contribution in [1.29, 1.82) is 0 Å². The molecule has 0 bridgehead atoms. The van der Waals surface area contributed by atoms with Crippen LogP contribution < -0.4 is 5.73 Å². The predicted octanol–water partition coefficient (Wildman–Crippen LogP) is 3.43. The molecular weight excluding hydrogens is 257 g/mol. The third-order valence-corrected chi connectivity index (χ3v) is 2.64. The van der Waals surface area contributed by atoms with Crippen LogP contribution in [-0.4, -0.2) is 6.54 Å². The Morgan fingerprint density at radius 1 is 1.53 bits per heavy atom. The Balaban J connectivity index is 2.72. The Hall–Kier alpha value is -0.670. The molecule has 15 heavy (non-hydrogen) atoms. The van der Waals surface area contributed by atoms with Gasteiger partial charge in [0.25, 0.3) is 0 Å². The van der Waals surface area contributed by atoms with E-state index in [0.29, 0.717) is 13.0 Å². The van der Waals surface area contributed by atoms with Crippen molar-refractivity contribution < 1.29 is 4.39 Å². The molecule has 0 spiro atoms. The van der Waals surface area contributed by atoms with E-state index in [0.717, 1.165) is 22.0 Å². The minimum absolute atomic E-state index is 0.162. The highest BCUT2D eigenvalue weighted by Crippen LogP contribution is 2.17. The predicted molar refractivity (Wildman–Crippen MR) is 65.2 cm³/mol. The minimum atomic E-state index is -0.162. The van der Waals surface area contributed by atoms with Gasteiger partial charge in [-0.15, -0.1) is 0 Å². The fourth-order valence-electron chi connectivity index (χ4n) is 1.37. The van der Waals surface area contributed by atoms with Crippen molar-refractivity contribution in [1.82, 2.24) is 0 Å². The Morgan fingerprint density at radius 2 is 2.27 bits per heavy atom. The maximum absolute atomic E-state index is 13.5. The van der Waals surface area contributed by atoms with Crippen molar-refractivity contribution >= 4 is 15.9 Å². The van der Waals surface area contributed by atoms with Gasteiger partial charge in [-0.3, -0.25) is 0 Å². The number of rotatable bonds is 4. The van der Waals surface area contributed by atoms with E-state index in [1.54, 1.807) is 6.07 Å². The summed E-state index contributed by atoms with van der Waals surface area (Å²) in [5, 5.41) is 0. The first-order valence-electron chi connectivity index (χ1n) is 4.93. The van der Waals surface area contributed by atoms with E-state index in [1.165, 1.54) is 6.07 Å². The lowest BCUT2D eigenvalue weighted by molar-refractivity contribution is 0.612. The number of allylic oxidation sites excluding steroid dienone is 1. The van der Waals surface area contributed by atoms with Crippen LogP contribution in [0.4, 0.5) is 4.39 Å². The van der Waals surface area contributed by atoms with E-state index in [4.69, 9.17) is 5.73 Å². The number of halogens is 2. The number of hydrogen-bond acceptors (Lipinski definition) is 1. The lowest BCUT2D eigenvalue weighted by atomic mass is 10.1. The lowest BCUT2D eigenvalue weighted by Crippen LogP contribution is -1.97. The Morgan fingerprint density at radius 3 is 2.87 bits per heavy atom. The molecule has 82 valence electrons. The number of benzene rings is 1. The highest BCUT2D eigenvalue weighted by molar-refractivity contribution is 9.10. The Bertz CT molecular complexity index is 361. The molecule has 0 aliphatic carbocycles. The van der Waals surface area contributed by atoms with Crippen LogP contribution in [0.1, 0.15) is 18.9 Å². The van der Waals surface area contributed by atoms with Crippen molar-refractivity contribution in [3.05, 3.63) is 45.7 Å². The summed E-state index contributed by atoms with van der Waals surface area (Å²) in [6.07, 6.45) is 3.56. The average Bonchev–Trinajstić information content (AvgIpc) is 2.19. The summed E-state index contributed by atoms with van der Waals surface area (Å²) in [6.45, 7) is 2.64. The van der Waals surface area contributed by atoms with Crippen molar-refractivity contribution in [2.75, 3.05) is 6.54 Å². The average molecular weight is 272 g/mol. The van der Waals surface area contributed by atoms with Gasteiger partial charge >= 0.3 is 0 Å². The van der Waals surface area contributed by atoms with Crippen LogP contribution in [0, 0.1) is 5.82 Å². The van der Waals surface area contributed by atoms with Crippen LogP contribution in [0.5, 0.6) is 0 Å². The third-order valence-electron chi connectivity index (χ3n) is 2.14. The SMILES string of the molecule is CC(=CCCN)Cc1ccc(Br)cc1F. The third kappa shape index (κ3) is 4.14. The fraction of sp³-hybridized carbons (Fsp3) is 0.333. The Kier molecular flexibility index (Phi) is 4.99. The van der Waals surface area contributed by atoms with Crippen LogP contribution >= 0.6 is 15.9 Å². The molecule has 0 saturated carbocycles. The first-order chi connectivity index (χ1) is 7.13. The van der Waals surface area contributed by atoms with Crippen LogP contribution in [0.15, 0.2) is 34.3 Å². The molecule has 0 aliphatic heterocycles. The first-order valence-corrected chi connectivity index (χ1v) is 5.72. The van der Waals surface area contributed by atoms with Crippen molar-refractivity contribution in [2.45, 2.75) is 19.8 Å². The molecule has 0 aromatic heterocycles. The van der Waals surface area contributed by atoms with Gasteiger partial charge in [0.2, 0.25) is 0 Å². The molecule has 2 N–H and O–H groups in total. The molecule has 0 radical (unpaired) electrons. The van der Waals surface area contributed by atoms with Crippen molar-refractivity contribution in [2.24, 2.45) is 5.73 Å². The summed E-state index contributed by atoms with van der Waals surface area (Å²) in [6, 6.07) is 5.15. The van der Waals surface area contributed by atoms with Gasteiger partial charge < -0.3 is 5.73 Å². The van der Waals surface area contributed by atoms with Crippen molar-refractivity contribution in [3.8, 4) is 0 Å². The lowest BCUT2D eigenvalue weighted by Gasteiger charge is -2.04. The summed E-state index contributed by atoms with van der Waals surface area (Å²) in [5.41, 5.74) is 7.28. The van der Waals surface area contributed by atoms with Crippen LogP contribution in [0.3, 0.4) is 0 Å². The van der Waals surface area contributed by atoms with E-state index in [1.807, 2.05) is 13.0 Å². The fourth-order valence-corrected chi connectivity index (χ4v) is 1.70. The van der Waals surface area contributed by atoms with Crippen molar-refractivity contribution in [3.63, 3.8) is 0 Å². The molecule has 0 aliphatic rings. The second-order valence-corrected chi connectivity index (χ2v) is 4.46.